The summed E-state index contributed by atoms with van der Waals surface area (Å²) >= 11 is 0. The highest BCUT2D eigenvalue weighted by Crippen LogP contribution is 2.23. The molecule has 0 bridgehead atoms. The lowest BCUT2D eigenvalue weighted by atomic mass is 9.96. The number of hydrogen-bond acceptors (Lipinski definition) is 4. The van der Waals surface area contributed by atoms with E-state index in [0.717, 1.165) is 25.7 Å². The Kier molecular flexibility index (Phi) is 7.43. The number of carbonyl (C=O) groups excluding carboxylic acids is 1. The molecule has 0 saturated carbocycles. The molecule has 0 aliphatic carbocycles. The van der Waals surface area contributed by atoms with Crippen LogP contribution in [-0.2, 0) is 14.8 Å². The number of carbonyl (C=O) groups is 1. The SMILES string of the molecule is CCCC[C@@H](CC)CNC(=O)[C@H]1CCCN(S(=O)(=O)c2cnc[nH]2)C1. The molecule has 1 aliphatic heterocycles. The summed E-state index contributed by atoms with van der Waals surface area (Å²) < 4.78 is 26.5. The third-order valence-corrected chi connectivity index (χ3v) is 6.74. The number of nitrogens with zero attached hydrogens (tertiary/aromatic N) is 2. The molecule has 2 rings (SSSR count). The van der Waals surface area contributed by atoms with E-state index in [9.17, 15) is 13.2 Å². The van der Waals surface area contributed by atoms with Crippen LogP contribution in [0.2, 0.25) is 0 Å². The first-order valence-corrected chi connectivity index (χ1v) is 10.7. The van der Waals surface area contributed by atoms with Gasteiger partial charge in [0, 0.05) is 19.6 Å². The molecule has 142 valence electrons. The van der Waals surface area contributed by atoms with Crippen molar-refractivity contribution in [2.45, 2.75) is 57.4 Å². The predicted octanol–water partition coefficient (Wildman–Crippen LogP) is 2.14. The van der Waals surface area contributed by atoms with Crippen LogP contribution in [0.15, 0.2) is 17.6 Å². The Labute approximate surface area is 150 Å². The van der Waals surface area contributed by atoms with Gasteiger partial charge in [0.1, 0.15) is 0 Å². The van der Waals surface area contributed by atoms with Crippen LogP contribution in [0, 0.1) is 11.8 Å². The van der Waals surface area contributed by atoms with E-state index in [-0.39, 0.29) is 23.4 Å². The highest BCUT2D eigenvalue weighted by atomic mass is 32.2. The molecular weight excluding hydrogens is 340 g/mol. The van der Waals surface area contributed by atoms with Crippen LogP contribution in [0.1, 0.15) is 52.4 Å². The fraction of sp³-hybridized carbons (Fsp3) is 0.765. The third kappa shape index (κ3) is 5.28. The Balaban J connectivity index is 1.91. The van der Waals surface area contributed by atoms with Crippen LogP contribution in [0.5, 0.6) is 0 Å². The van der Waals surface area contributed by atoms with Crippen LogP contribution in [0.25, 0.3) is 0 Å². The summed E-state index contributed by atoms with van der Waals surface area (Å²) in [6, 6.07) is 0. The average Bonchev–Trinajstić information content (AvgIpc) is 3.17. The Morgan fingerprint density at radius 3 is 2.92 bits per heavy atom. The van der Waals surface area contributed by atoms with Crippen LogP contribution in [-0.4, -0.2) is 48.2 Å². The monoisotopic (exact) mass is 370 g/mol. The topological polar surface area (TPSA) is 95.2 Å². The van der Waals surface area contributed by atoms with Crippen molar-refractivity contribution in [2.75, 3.05) is 19.6 Å². The number of hydrogen-bond donors (Lipinski definition) is 2. The van der Waals surface area contributed by atoms with E-state index in [1.54, 1.807) is 0 Å². The van der Waals surface area contributed by atoms with Crippen molar-refractivity contribution in [3.63, 3.8) is 0 Å². The maximum absolute atomic E-state index is 12.6. The lowest BCUT2D eigenvalue weighted by molar-refractivity contribution is -0.126. The second-order valence-corrected chi connectivity index (χ2v) is 8.69. The molecule has 0 radical (unpaired) electrons. The minimum Gasteiger partial charge on any atom is -0.356 e. The van der Waals surface area contributed by atoms with Gasteiger partial charge in [0.05, 0.1) is 18.4 Å². The van der Waals surface area contributed by atoms with E-state index in [1.165, 1.54) is 23.3 Å². The number of nitrogens with one attached hydrogen (secondary N) is 2. The largest absolute Gasteiger partial charge is 0.356 e. The van der Waals surface area contributed by atoms with Gasteiger partial charge in [0.25, 0.3) is 10.0 Å². The number of imidazole rings is 1. The standard InChI is InChI=1S/C17H30N4O3S/c1-3-5-7-14(4-2)10-19-17(22)15-8-6-9-21(12-15)25(23,24)16-11-18-13-20-16/h11,13-15H,3-10,12H2,1-2H3,(H,18,20)(H,19,22)/t14-,15+/m1/s1. The molecule has 25 heavy (non-hydrogen) atoms. The molecule has 7 nitrogen and oxygen atoms in total. The zero-order chi connectivity index (χ0) is 18.3. The molecule has 1 fully saturated rings. The molecule has 2 atom stereocenters. The zero-order valence-electron chi connectivity index (χ0n) is 15.2. The van der Waals surface area contributed by atoms with Crippen molar-refractivity contribution in [2.24, 2.45) is 11.8 Å². The molecular formula is C17H30N4O3S. The van der Waals surface area contributed by atoms with Gasteiger partial charge in [0.15, 0.2) is 5.03 Å². The summed E-state index contributed by atoms with van der Waals surface area (Å²) in [5.41, 5.74) is 0. The molecule has 8 heteroatoms. The number of aromatic amines is 1. The maximum Gasteiger partial charge on any atom is 0.260 e. The number of sulfonamides is 1. The zero-order valence-corrected chi connectivity index (χ0v) is 16.0. The quantitative estimate of drug-likeness (QED) is 0.696. The van der Waals surface area contributed by atoms with Gasteiger partial charge in [-0.15, -0.1) is 0 Å². The van der Waals surface area contributed by atoms with Crippen molar-refractivity contribution >= 4 is 15.9 Å². The minimum atomic E-state index is -3.60. The molecule has 0 aromatic carbocycles. The maximum atomic E-state index is 12.6. The smallest absolute Gasteiger partial charge is 0.260 e. The van der Waals surface area contributed by atoms with Crippen LogP contribution in [0.3, 0.4) is 0 Å². The summed E-state index contributed by atoms with van der Waals surface area (Å²) in [6.45, 7) is 5.67. The van der Waals surface area contributed by atoms with E-state index >= 15 is 0 Å². The highest BCUT2D eigenvalue weighted by molar-refractivity contribution is 7.89. The Hall–Kier alpha value is -1.41. The molecule has 0 spiro atoms. The van der Waals surface area contributed by atoms with Gasteiger partial charge in [-0.05, 0) is 25.2 Å². The van der Waals surface area contributed by atoms with E-state index in [2.05, 4.69) is 29.1 Å². The van der Waals surface area contributed by atoms with E-state index < -0.39 is 10.0 Å². The van der Waals surface area contributed by atoms with Gasteiger partial charge < -0.3 is 10.3 Å². The number of amides is 1. The third-order valence-electron chi connectivity index (χ3n) is 4.95. The molecule has 2 N–H and O–H groups in total. The van der Waals surface area contributed by atoms with Gasteiger partial charge in [-0.1, -0.05) is 33.1 Å². The number of piperidine rings is 1. The van der Waals surface area contributed by atoms with Crippen molar-refractivity contribution in [1.82, 2.24) is 19.6 Å². The summed E-state index contributed by atoms with van der Waals surface area (Å²) in [4.78, 5) is 18.9. The molecule has 0 unspecified atom stereocenters. The second kappa shape index (κ2) is 9.33. The lowest BCUT2D eigenvalue weighted by Crippen LogP contribution is -2.46. The normalized spacial score (nSPS) is 20.3. The van der Waals surface area contributed by atoms with E-state index in [0.29, 0.717) is 25.4 Å². The Morgan fingerprint density at radius 2 is 2.28 bits per heavy atom. The van der Waals surface area contributed by atoms with E-state index in [4.69, 9.17) is 0 Å². The molecule has 2 heterocycles. The minimum absolute atomic E-state index is 0.0283. The first kappa shape index (κ1) is 19.9. The lowest BCUT2D eigenvalue weighted by Gasteiger charge is -2.31. The second-order valence-electron chi connectivity index (χ2n) is 6.78. The molecule has 1 amide bonds. The van der Waals surface area contributed by atoms with E-state index in [1.807, 2.05) is 0 Å². The average molecular weight is 371 g/mol. The first-order chi connectivity index (χ1) is 12.0. The first-order valence-electron chi connectivity index (χ1n) is 9.25. The van der Waals surface area contributed by atoms with Gasteiger partial charge in [-0.2, -0.15) is 4.31 Å². The summed E-state index contributed by atoms with van der Waals surface area (Å²) in [5.74, 6) is 0.187. The van der Waals surface area contributed by atoms with Gasteiger partial charge >= 0.3 is 0 Å². The van der Waals surface area contributed by atoms with Gasteiger partial charge in [-0.25, -0.2) is 13.4 Å². The summed E-state index contributed by atoms with van der Waals surface area (Å²) in [6.07, 6.45) is 8.58. The van der Waals surface area contributed by atoms with Gasteiger partial charge in [-0.3, -0.25) is 4.79 Å². The molecule has 1 aromatic heterocycles. The van der Waals surface area contributed by atoms with Crippen LogP contribution >= 0.6 is 0 Å². The van der Waals surface area contributed by atoms with Crippen LogP contribution < -0.4 is 5.32 Å². The molecule has 1 aromatic rings. The number of aromatic nitrogens is 2. The van der Waals surface area contributed by atoms with Crippen molar-refractivity contribution in [3.05, 3.63) is 12.5 Å². The van der Waals surface area contributed by atoms with Gasteiger partial charge in [0.2, 0.25) is 5.91 Å². The molecule has 1 saturated heterocycles. The number of H-pyrrole nitrogens is 1. The number of unbranched alkanes of at least 4 members (excludes halogenated alkanes) is 1. The fourth-order valence-corrected chi connectivity index (χ4v) is 4.65. The summed E-state index contributed by atoms with van der Waals surface area (Å²) in [5, 5.41) is 3.12. The van der Waals surface area contributed by atoms with Crippen molar-refractivity contribution in [3.8, 4) is 0 Å². The fourth-order valence-electron chi connectivity index (χ4n) is 3.23. The highest BCUT2D eigenvalue weighted by Gasteiger charge is 2.34. The van der Waals surface area contributed by atoms with Crippen molar-refractivity contribution < 1.29 is 13.2 Å². The molecule has 1 aliphatic rings. The number of rotatable bonds is 9. The van der Waals surface area contributed by atoms with Crippen molar-refractivity contribution in [1.29, 1.82) is 0 Å². The summed E-state index contributed by atoms with van der Waals surface area (Å²) in [7, 11) is -3.60. The Morgan fingerprint density at radius 1 is 1.48 bits per heavy atom. The predicted molar refractivity (Wildman–Crippen MR) is 96.4 cm³/mol. The van der Waals surface area contributed by atoms with Crippen LogP contribution in [0.4, 0.5) is 0 Å². The Bertz CT molecular complexity index is 630.